The number of phenolic OH excluding ortho intramolecular Hbond substituents is 1. The van der Waals surface area contributed by atoms with Crippen LogP contribution in [0.1, 0.15) is 16.8 Å². The highest BCUT2D eigenvalue weighted by Gasteiger charge is 2.12. The molecule has 140 valence electrons. The summed E-state index contributed by atoms with van der Waals surface area (Å²) in [5.41, 5.74) is 4.14. The first-order valence-electron chi connectivity index (χ1n) is 8.80. The van der Waals surface area contributed by atoms with Crippen LogP contribution in [0.25, 0.3) is 22.2 Å². The largest absolute Gasteiger partial charge is 0.508 e. The summed E-state index contributed by atoms with van der Waals surface area (Å²) in [5, 5.41) is 11.3. The lowest BCUT2D eigenvalue weighted by atomic mass is 10.1. The van der Waals surface area contributed by atoms with Gasteiger partial charge >= 0.3 is 5.63 Å². The van der Waals surface area contributed by atoms with E-state index < -0.39 is 5.63 Å². The number of hydrogen-bond acceptors (Lipinski definition) is 6. The molecular formula is C22H18N2O3S. The monoisotopic (exact) mass is 390 g/mol. The number of aromatic nitrogens is 2. The maximum absolute atomic E-state index is 12.0. The fourth-order valence-corrected chi connectivity index (χ4v) is 3.93. The van der Waals surface area contributed by atoms with E-state index in [4.69, 9.17) is 4.42 Å². The van der Waals surface area contributed by atoms with E-state index in [1.165, 1.54) is 17.8 Å². The van der Waals surface area contributed by atoms with E-state index in [0.29, 0.717) is 22.1 Å². The molecular weight excluding hydrogens is 372 g/mol. The first-order valence-corrected chi connectivity index (χ1v) is 9.79. The Morgan fingerprint density at radius 2 is 1.82 bits per heavy atom. The van der Waals surface area contributed by atoms with Crippen molar-refractivity contribution >= 4 is 22.7 Å². The quantitative estimate of drug-likeness (QED) is 0.304. The molecule has 0 amide bonds. The lowest BCUT2D eigenvalue weighted by molar-refractivity contribution is 0.468. The average Bonchev–Trinajstić information content (AvgIpc) is 2.69. The topological polar surface area (TPSA) is 76.2 Å². The summed E-state index contributed by atoms with van der Waals surface area (Å²) in [7, 11) is 0. The number of aryl methyl sites for hydroxylation is 2. The summed E-state index contributed by atoms with van der Waals surface area (Å²) in [4.78, 5) is 21.2. The van der Waals surface area contributed by atoms with E-state index in [2.05, 4.69) is 9.97 Å². The van der Waals surface area contributed by atoms with Crippen LogP contribution in [0.5, 0.6) is 5.75 Å². The third-order valence-corrected chi connectivity index (χ3v) is 5.37. The molecule has 0 atom stereocenters. The molecule has 4 rings (SSSR count). The van der Waals surface area contributed by atoms with Crippen molar-refractivity contribution < 1.29 is 9.52 Å². The van der Waals surface area contributed by atoms with Gasteiger partial charge in [-0.2, -0.15) is 0 Å². The molecule has 0 radical (unpaired) electrons. The van der Waals surface area contributed by atoms with Gasteiger partial charge in [-0.15, -0.1) is 0 Å². The minimum atomic E-state index is -0.438. The van der Waals surface area contributed by atoms with Gasteiger partial charge in [0.05, 0.1) is 5.69 Å². The van der Waals surface area contributed by atoms with Gasteiger partial charge < -0.3 is 9.52 Å². The minimum Gasteiger partial charge on any atom is -0.508 e. The molecule has 2 heterocycles. The Kier molecular flexibility index (Phi) is 4.88. The Balaban J connectivity index is 1.68. The van der Waals surface area contributed by atoms with Crippen LogP contribution in [0, 0.1) is 13.8 Å². The van der Waals surface area contributed by atoms with Crippen molar-refractivity contribution in [3.05, 3.63) is 81.8 Å². The normalized spacial score (nSPS) is 11.1. The zero-order valence-electron chi connectivity index (χ0n) is 15.5. The smallest absolute Gasteiger partial charge is 0.336 e. The molecule has 0 saturated carbocycles. The summed E-state index contributed by atoms with van der Waals surface area (Å²) in [6.45, 7) is 3.67. The molecule has 0 fully saturated rings. The molecule has 6 heteroatoms. The van der Waals surface area contributed by atoms with Crippen LogP contribution in [-0.2, 0) is 5.75 Å². The van der Waals surface area contributed by atoms with Gasteiger partial charge in [0.2, 0.25) is 0 Å². The zero-order chi connectivity index (χ0) is 19.7. The summed E-state index contributed by atoms with van der Waals surface area (Å²) in [6.07, 6.45) is 0. The highest BCUT2D eigenvalue weighted by Crippen LogP contribution is 2.30. The molecule has 0 aliphatic heterocycles. The van der Waals surface area contributed by atoms with E-state index >= 15 is 0 Å². The van der Waals surface area contributed by atoms with Gasteiger partial charge in [0.25, 0.3) is 0 Å². The summed E-state index contributed by atoms with van der Waals surface area (Å²) in [6, 6.07) is 16.8. The van der Waals surface area contributed by atoms with E-state index in [0.717, 1.165) is 27.9 Å². The Bertz CT molecular complexity index is 1220. The molecule has 0 aliphatic rings. The molecule has 0 aliphatic carbocycles. The zero-order valence-corrected chi connectivity index (χ0v) is 16.3. The van der Waals surface area contributed by atoms with Crippen LogP contribution in [0.15, 0.2) is 69.0 Å². The maximum atomic E-state index is 12.0. The molecule has 5 nitrogen and oxygen atoms in total. The number of thioether (sulfide) groups is 1. The highest BCUT2D eigenvalue weighted by atomic mass is 32.2. The number of hydrogen-bond donors (Lipinski definition) is 1. The third kappa shape index (κ3) is 3.64. The van der Waals surface area contributed by atoms with Crippen LogP contribution >= 0.6 is 11.8 Å². The molecule has 1 N–H and O–H groups in total. The number of rotatable bonds is 4. The van der Waals surface area contributed by atoms with Crippen LogP contribution in [0.4, 0.5) is 0 Å². The third-order valence-electron chi connectivity index (χ3n) is 4.48. The van der Waals surface area contributed by atoms with Gasteiger partial charge in [-0.1, -0.05) is 42.1 Å². The lowest BCUT2D eigenvalue weighted by Crippen LogP contribution is -2.01. The van der Waals surface area contributed by atoms with Crippen LogP contribution in [0.2, 0.25) is 0 Å². The molecule has 4 aromatic rings. The molecule has 2 aromatic carbocycles. The van der Waals surface area contributed by atoms with E-state index in [-0.39, 0.29) is 5.75 Å². The molecule has 0 saturated heterocycles. The van der Waals surface area contributed by atoms with Gasteiger partial charge in [0.1, 0.15) is 11.3 Å². The van der Waals surface area contributed by atoms with E-state index in [9.17, 15) is 9.90 Å². The molecule has 0 spiro atoms. The SMILES string of the molecule is Cc1cc(-c2ccccc2)nc(SCc2cc(=O)oc3c(C)c(O)ccc23)n1. The van der Waals surface area contributed by atoms with Crippen molar-refractivity contribution in [2.75, 3.05) is 0 Å². The molecule has 0 bridgehead atoms. The minimum absolute atomic E-state index is 0.106. The Labute approximate surface area is 166 Å². The van der Waals surface area contributed by atoms with Gasteiger partial charge in [-0.25, -0.2) is 14.8 Å². The van der Waals surface area contributed by atoms with Crippen LogP contribution in [0.3, 0.4) is 0 Å². The van der Waals surface area contributed by atoms with E-state index in [1.54, 1.807) is 19.1 Å². The number of benzene rings is 2. The van der Waals surface area contributed by atoms with Crippen LogP contribution < -0.4 is 5.63 Å². The van der Waals surface area contributed by atoms with Gasteiger partial charge in [0, 0.05) is 34.0 Å². The van der Waals surface area contributed by atoms with Gasteiger partial charge in [-0.3, -0.25) is 0 Å². The van der Waals surface area contributed by atoms with Crippen molar-refractivity contribution in [2.45, 2.75) is 24.8 Å². The summed E-state index contributed by atoms with van der Waals surface area (Å²) >= 11 is 1.46. The van der Waals surface area contributed by atoms with Crippen molar-refractivity contribution in [1.82, 2.24) is 9.97 Å². The van der Waals surface area contributed by atoms with Crippen LogP contribution in [-0.4, -0.2) is 15.1 Å². The highest BCUT2D eigenvalue weighted by molar-refractivity contribution is 7.98. The molecule has 28 heavy (non-hydrogen) atoms. The second-order valence-corrected chi connectivity index (χ2v) is 7.45. The van der Waals surface area contributed by atoms with Crippen molar-refractivity contribution in [1.29, 1.82) is 0 Å². The van der Waals surface area contributed by atoms with E-state index in [1.807, 2.05) is 43.3 Å². The lowest BCUT2D eigenvalue weighted by Gasteiger charge is -2.09. The second-order valence-electron chi connectivity index (χ2n) is 6.51. The Morgan fingerprint density at radius 1 is 1.04 bits per heavy atom. The fourth-order valence-electron chi connectivity index (χ4n) is 3.04. The molecule has 0 unspecified atom stereocenters. The summed E-state index contributed by atoms with van der Waals surface area (Å²) in [5.74, 6) is 0.624. The van der Waals surface area contributed by atoms with Gasteiger partial charge in [-0.05, 0) is 37.6 Å². The number of aromatic hydroxyl groups is 1. The fraction of sp³-hybridized carbons (Fsp3) is 0.136. The van der Waals surface area contributed by atoms with Crippen molar-refractivity contribution in [3.63, 3.8) is 0 Å². The van der Waals surface area contributed by atoms with Crippen molar-refractivity contribution in [3.8, 4) is 17.0 Å². The Hall–Kier alpha value is -3.12. The molecule has 2 aromatic heterocycles. The number of phenols is 1. The average molecular weight is 390 g/mol. The maximum Gasteiger partial charge on any atom is 0.336 e. The first-order chi connectivity index (χ1) is 13.5. The summed E-state index contributed by atoms with van der Waals surface area (Å²) < 4.78 is 5.31. The van der Waals surface area contributed by atoms with Crippen molar-refractivity contribution in [2.24, 2.45) is 0 Å². The standard InChI is InChI=1S/C22H18N2O3S/c1-13-10-18(15-6-4-3-5-7-15)24-22(23-13)28-12-16-11-20(26)27-21-14(2)19(25)9-8-17(16)21/h3-11,25H,12H2,1-2H3. The Morgan fingerprint density at radius 3 is 2.61 bits per heavy atom. The first kappa shape index (κ1) is 18.3. The van der Waals surface area contributed by atoms with Gasteiger partial charge in [0.15, 0.2) is 5.16 Å². The predicted octanol–water partition coefficient (Wildman–Crippen LogP) is 4.86. The number of fused-ring (bicyclic) bond motifs is 1. The number of nitrogens with zero attached hydrogens (tertiary/aromatic N) is 2. The second kappa shape index (κ2) is 7.48. The predicted molar refractivity (Wildman–Crippen MR) is 111 cm³/mol.